The van der Waals surface area contributed by atoms with Crippen LogP contribution in [0.25, 0.3) is 5.76 Å². The molecule has 1 saturated heterocycles. The summed E-state index contributed by atoms with van der Waals surface area (Å²) in [7, 11) is 1.52. The summed E-state index contributed by atoms with van der Waals surface area (Å²) in [5, 5.41) is 11.5. The summed E-state index contributed by atoms with van der Waals surface area (Å²) in [6.45, 7) is 4.86. The predicted molar refractivity (Wildman–Crippen MR) is 158 cm³/mol. The van der Waals surface area contributed by atoms with Gasteiger partial charge in [0.1, 0.15) is 18.1 Å². The van der Waals surface area contributed by atoms with Crippen molar-refractivity contribution in [1.82, 2.24) is 9.88 Å². The third-order valence-corrected chi connectivity index (χ3v) is 7.03. The number of amides is 1. The number of Topliss-reactive ketones (excluding diaryl/α,β-unsaturated/α-hetero) is 1. The van der Waals surface area contributed by atoms with E-state index in [1.165, 1.54) is 12.0 Å². The lowest BCUT2D eigenvalue weighted by atomic mass is 9.94. The molecule has 1 amide bonds. The van der Waals surface area contributed by atoms with Gasteiger partial charge in [-0.25, -0.2) is 0 Å². The van der Waals surface area contributed by atoms with Gasteiger partial charge in [0.25, 0.3) is 11.7 Å². The number of benzene rings is 3. The minimum Gasteiger partial charge on any atom is -0.507 e. The zero-order chi connectivity index (χ0) is 29.6. The third kappa shape index (κ3) is 5.98. The second-order valence-electron chi connectivity index (χ2n) is 9.93. The molecule has 1 aromatic heterocycles. The minimum atomic E-state index is -0.868. The van der Waals surface area contributed by atoms with Gasteiger partial charge in [0.05, 0.1) is 25.3 Å². The Kier molecular flexibility index (Phi) is 8.52. The van der Waals surface area contributed by atoms with Crippen LogP contribution in [0.1, 0.15) is 40.8 Å². The Morgan fingerprint density at radius 2 is 1.71 bits per heavy atom. The van der Waals surface area contributed by atoms with E-state index in [1.54, 1.807) is 60.9 Å². The van der Waals surface area contributed by atoms with Crippen molar-refractivity contribution in [2.45, 2.75) is 33.0 Å². The van der Waals surface area contributed by atoms with Gasteiger partial charge in [-0.05, 0) is 73.0 Å². The number of aliphatic hydroxyl groups excluding tert-OH is 1. The Bertz CT molecular complexity index is 1620. The highest BCUT2D eigenvalue weighted by molar-refractivity contribution is 6.46. The average Bonchev–Trinajstić information content (AvgIpc) is 3.26. The van der Waals surface area contributed by atoms with Gasteiger partial charge in [0, 0.05) is 24.5 Å². The van der Waals surface area contributed by atoms with Crippen LogP contribution in [0.2, 0.25) is 0 Å². The van der Waals surface area contributed by atoms with Crippen LogP contribution in [0.4, 0.5) is 0 Å². The number of ketones is 1. The molecule has 214 valence electrons. The summed E-state index contributed by atoms with van der Waals surface area (Å²) in [6.07, 6.45) is 3.28. The fourth-order valence-corrected chi connectivity index (χ4v) is 5.04. The number of nitrogens with zero attached hydrogens (tertiary/aromatic N) is 2. The summed E-state index contributed by atoms with van der Waals surface area (Å²) >= 11 is 0. The number of ether oxygens (including phenoxy) is 3. The number of hydrogen-bond acceptors (Lipinski definition) is 7. The molecule has 0 spiro atoms. The molecule has 2 heterocycles. The number of carbonyl (C=O) groups excluding carboxylic acids is 2. The van der Waals surface area contributed by atoms with E-state index in [2.05, 4.69) is 11.1 Å². The molecule has 5 rings (SSSR count). The predicted octanol–water partition coefficient (Wildman–Crippen LogP) is 6.00. The zero-order valence-corrected chi connectivity index (χ0v) is 23.7. The summed E-state index contributed by atoms with van der Waals surface area (Å²) in [4.78, 5) is 32.5. The van der Waals surface area contributed by atoms with E-state index in [0.29, 0.717) is 41.6 Å². The summed E-state index contributed by atoms with van der Waals surface area (Å²) in [5.74, 6) is -0.154. The Balaban J connectivity index is 1.51. The fourth-order valence-electron chi connectivity index (χ4n) is 5.04. The number of aromatic nitrogens is 1. The topological polar surface area (TPSA) is 98.2 Å². The Hall–Kier alpha value is -5.11. The maximum absolute atomic E-state index is 13.5. The first-order valence-electron chi connectivity index (χ1n) is 13.7. The van der Waals surface area contributed by atoms with E-state index in [9.17, 15) is 14.7 Å². The number of carbonyl (C=O) groups is 2. The Labute approximate surface area is 244 Å². The number of hydrogen-bond donors (Lipinski definition) is 1. The van der Waals surface area contributed by atoms with E-state index < -0.39 is 17.7 Å². The van der Waals surface area contributed by atoms with Crippen LogP contribution in [0.3, 0.4) is 0 Å². The van der Waals surface area contributed by atoms with Crippen molar-refractivity contribution in [3.8, 4) is 17.2 Å². The molecule has 1 aliphatic rings. The zero-order valence-electron chi connectivity index (χ0n) is 23.7. The van der Waals surface area contributed by atoms with Gasteiger partial charge in [-0.3, -0.25) is 14.6 Å². The number of methoxy groups -OCH3 is 1. The van der Waals surface area contributed by atoms with Gasteiger partial charge >= 0.3 is 0 Å². The quantitative estimate of drug-likeness (QED) is 0.143. The largest absolute Gasteiger partial charge is 0.507 e. The number of likely N-dealkylation sites (tertiary alicyclic amines) is 1. The number of pyridine rings is 1. The fraction of sp³-hybridized carbons (Fsp3) is 0.206. The maximum Gasteiger partial charge on any atom is 0.295 e. The molecule has 8 nitrogen and oxygen atoms in total. The van der Waals surface area contributed by atoms with Crippen molar-refractivity contribution in [1.29, 1.82) is 0 Å². The smallest absolute Gasteiger partial charge is 0.295 e. The second kappa shape index (κ2) is 12.6. The van der Waals surface area contributed by atoms with Gasteiger partial charge < -0.3 is 24.2 Å². The normalized spacial score (nSPS) is 16.0. The molecule has 1 fully saturated rings. The molecule has 1 aliphatic heterocycles. The molecule has 1 atom stereocenters. The van der Waals surface area contributed by atoms with Crippen LogP contribution in [0, 0.1) is 6.92 Å². The van der Waals surface area contributed by atoms with Crippen LogP contribution < -0.4 is 14.2 Å². The second-order valence-corrected chi connectivity index (χ2v) is 9.93. The van der Waals surface area contributed by atoms with Crippen LogP contribution in [0.5, 0.6) is 17.2 Å². The molecule has 8 heteroatoms. The molecule has 1 N–H and O–H groups in total. The van der Waals surface area contributed by atoms with Gasteiger partial charge in [-0.15, -0.1) is 0 Å². The molecule has 1 unspecified atom stereocenters. The highest BCUT2D eigenvalue weighted by Crippen LogP contribution is 2.42. The first-order valence-corrected chi connectivity index (χ1v) is 13.7. The van der Waals surface area contributed by atoms with Crippen molar-refractivity contribution in [3.63, 3.8) is 0 Å². The number of rotatable bonds is 10. The lowest BCUT2D eigenvalue weighted by molar-refractivity contribution is -0.140. The Morgan fingerprint density at radius 1 is 0.929 bits per heavy atom. The summed E-state index contributed by atoms with van der Waals surface area (Å²) in [6, 6.07) is 22.8. The van der Waals surface area contributed by atoms with Gasteiger partial charge in [0.15, 0.2) is 11.5 Å². The highest BCUT2D eigenvalue weighted by atomic mass is 16.5. The highest BCUT2D eigenvalue weighted by Gasteiger charge is 2.46. The molecule has 4 aromatic rings. The molecular weight excluding hydrogens is 532 g/mol. The first kappa shape index (κ1) is 28.4. The number of aryl methyl sites for hydroxylation is 1. The Morgan fingerprint density at radius 3 is 2.40 bits per heavy atom. The summed E-state index contributed by atoms with van der Waals surface area (Å²) in [5.41, 5.74) is 3.91. The lowest BCUT2D eigenvalue weighted by Gasteiger charge is -2.26. The van der Waals surface area contributed by atoms with Crippen LogP contribution in [0.15, 0.2) is 96.8 Å². The molecule has 0 radical (unpaired) electrons. The number of aliphatic hydroxyl groups is 1. The summed E-state index contributed by atoms with van der Waals surface area (Å²) < 4.78 is 17.1. The van der Waals surface area contributed by atoms with Gasteiger partial charge in [0.2, 0.25) is 0 Å². The van der Waals surface area contributed by atoms with Gasteiger partial charge in [-0.2, -0.15) is 0 Å². The lowest BCUT2D eigenvalue weighted by Crippen LogP contribution is -2.29. The van der Waals surface area contributed by atoms with Crippen molar-refractivity contribution in [2.24, 2.45) is 0 Å². The maximum atomic E-state index is 13.5. The average molecular weight is 565 g/mol. The van der Waals surface area contributed by atoms with E-state index in [0.717, 1.165) is 16.7 Å². The standard InChI is InChI=1S/C34H32N2O6/c1-4-41-28-15-12-26(18-29(28)40-3)31-30(33(38)34(39)36(31)20-24-9-6-16-35-19-24)32(37)25-10-13-27(14-11-25)42-21-23-8-5-7-22(2)17-23/h5-19,31,37H,4,20-21H2,1-3H3. The van der Waals surface area contributed by atoms with E-state index in [-0.39, 0.29) is 17.9 Å². The van der Waals surface area contributed by atoms with E-state index in [4.69, 9.17) is 14.2 Å². The van der Waals surface area contributed by atoms with Crippen molar-refractivity contribution in [2.75, 3.05) is 13.7 Å². The van der Waals surface area contributed by atoms with Crippen molar-refractivity contribution < 1.29 is 28.9 Å². The van der Waals surface area contributed by atoms with E-state index in [1.807, 2.05) is 38.1 Å². The monoisotopic (exact) mass is 564 g/mol. The van der Waals surface area contributed by atoms with Crippen LogP contribution in [-0.2, 0) is 22.7 Å². The molecule has 0 aliphatic carbocycles. The van der Waals surface area contributed by atoms with Crippen LogP contribution >= 0.6 is 0 Å². The molecule has 42 heavy (non-hydrogen) atoms. The minimum absolute atomic E-state index is 0.0106. The van der Waals surface area contributed by atoms with Crippen molar-refractivity contribution in [3.05, 3.63) is 125 Å². The molecule has 0 bridgehead atoms. The SMILES string of the molecule is CCOc1ccc(C2C(=C(O)c3ccc(OCc4cccc(C)c4)cc3)C(=O)C(=O)N2Cc2cccnc2)cc1OC. The van der Waals surface area contributed by atoms with E-state index >= 15 is 0 Å². The third-order valence-electron chi connectivity index (χ3n) is 7.03. The first-order chi connectivity index (χ1) is 20.4. The molecular formula is C34H32N2O6. The van der Waals surface area contributed by atoms with Gasteiger partial charge in [-0.1, -0.05) is 42.0 Å². The van der Waals surface area contributed by atoms with Crippen LogP contribution in [-0.4, -0.2) is 40.4 Å². The molecule has 0 saturated carbocycles. The van der Waals surface area contributed by atoms with Crippen molar-refractivity contribution >= 4 is 17.4 Å². The molecule has 3 aromatic carbocycles.